The minimum Gasteiger partial charge on any atom is -0.0723 e. The zero-order chi connectivity index (χ0) is 11.7. The lowest BCUT2D eigenvalue weighted by atomic mass is 9.77. The van der Waals surface area contributed by atoms with Crippen LogP contribution in [0.4, 0.5) is 0 Å². The Balaban J connectivity index is 1.99. The summed E-state index contributed by atoms with van der Waals surface area (Å²) in [5.74, 6) is 0.507. The number of benzene rings is 2. The second-order valence-corrected chi connectivity index (χ2v) is 5.38. The Labute approximate surface area is 106 Å². The first-order valence-electron chi connectivity index (χ1n) is 6.56. The summed E-state index contributed by atoms with van der Waals surface area (Å²) in [6.07, 6.45) is 5.84. The summed E-state index contributed by atoms with van der Waals surface area (Å²) in [4.78, 5) is 0. The summed E-state index contributed by atoms with van der Waals surface area (Å²) < 4.78 is 0. The molecule has 18 heavy (non-hydrogen) atoms. The summed E-state index contributed by atoms with van der Waals surface area (Å²) in [6.45, 7) is 0. The lowest BCUT2D eigenvalue weighted by Crippen LogP contribution is -2.06. The highest BCUT2D eigenvalue weighted by atomic mass is 14.4. The van der Waals surface area contributed by atoms with Crippen LogP contribution in [-0.4, -0.2) is 0 Å². The van der Waals surface area contributed by atoms with E-state index >= 15 is 0 Å². The maximum absolute atomic E-state index is 2.38. The van der Waals surface area contributed by atoms with E-state index in [1.54, 1.807) is 5.57 Å². The van der Waals surface area contributed by atoms with E-state index in [0.717, 1.165) is 6.42 Å². The number of allylic oxidation sites excluding steroid dienone is 4. The van der Waals surface area contributed by atoms with Crippen molar-refractivity contribution >= 4 is 5.57 Å². The standard InChI is InChI=1S/C18H12/c1-2-6-14-13(5-1)15-7-3-4-11-10-12-8-9-16(14)18(12)17(11)15/h1-9,16H,10H2. The summed E-state index contributed by atoms with van der Waals surface area (Å²) in [5.41, 5.74) is 10.5. The summed E-state index contributed by atoms with van der Waals surface area (Å²) in [7, 11) is 0. The van der Waals surface area contributed by atoms with Crippen molar-refractivity contribution in [1.82, 2.24) is 0 Å². The molecule has 84 valence electrons. The van der Waals surface area contributed by atoms with Crippen molar-refractivity contribution in [2.75, 3.05) is 0 Å². The molecule has 0 nitrogen and oxygen atoms in total. The van der Waals surface area contributed by atoms with E-state index in [-0.39, 0.29) is 0 Å². The molecule has 0 saturated heterocycles. The predicted octanol–water partition coefficient (Wildman–Crippen LogP) is 4.33. The number of fused-ring (bicyclic) bond motifs is 3. The Morgan fingerprint density at radius 3 is 2.78 bits per heavy atom. The van der Waals surface area contributed by atoms with Gasteiger partial charge in [-0.15, -0.1) is 0 Å². The van der Waals surface area contributed by atoms with Gasteiger partial charge in [0.25, 0.3) is 0 Å². The molecule has 0 radical (unpaired) electrons. The molecule has 2 aromatic rings. The minimum absolute atomic E-state index is 0.507. The van der Waals surface area contributed by atoms with Gasteiger partial charge in [-0.3, -0.25) is 0 Å². The molecule has 1 atom stereocenters. The van der Waals surface area contributed by atoms with Crippen LogP contribution in [0.5, 0.6) is 0 Å². The molecule has 0 heterocycles. The molecule has 0 N–H and O–H groups in total. The molecule has 1 unspecified atom stereocenters. The first-order chi connectivity index (χ1) is 8.93. The molecule has 0 aliphatic heterocycles. The molecule has 0 amide bonds. The predicted molar refractivity (Wildman–Crippen MR) is 74.4 cm³/mol. The highest BCUT2D eigenvalue weighted by Gasteiger charge is 2.36. The minimum atomic E-state index is 0.507. The fraction of sp³-hybridized carbons (Fsp3) is 0.111. The van der Waals surface area contributed by atoms with Gasteiger partial charge in [-0.2, -0.15) is 0 Å². The van der Waals surface area contributed by atoms with Gasteiger partial charge in [0.2, 0.25) is 0 Å². The Morgan fingerprint density at radius 1 is 0.889 bits per heavy atom. The van der Waals surface area contributed by atoms with Gasteiger partial charge in [0, 0.05) is 5.92 Å². The lowest BCUT2D eigenvalue weighted by Gasteiger charge is -2.26. The maximum atomic E-state index is 2.38. The summed E-state index contributed by atoms with van der Waals surface area (Å²) in [6, 6.07) is 15.6. The lowest BCUT2D eigenvalue weighted by molar-refractivity contribution is 1.10. The molecule has 3 aliphatic carbocycles. The zero-order valence-electron chi connectivity index (χ0n) is 9.98. The van der Waals surface area contributed by atoms with Crippen LogP contribution in [0.2, 0.25) is 0 Å². The van der Waals surface area contributed by atoms with Crippen LogP contribution >= 0.6 is 0 Å². The normalized spacial score (nSPS) is 21.2. The van der Waals surface area contributed by atoms with Crippen LogP contribution in [0.15, 0.2) is 60.2 Å². The van der Waals surface area contributed by atoms with Crippen molar-refractivity contribution < 1.29 is 0 Å². The van der Waals surface area contributed by atoms with Gasteiger partial charge < -0.3 is 0 Å². The van der Waals surface area contributed by atoms with E-state index < -0.39 is 0 Å². The molecule has 0 bridgehead atoms. The monoisotopic (exact) mass is 228 g/mol. The molecule has 0 aromatic heterocycles. The summed E-state index contributed by atoms with van der Waals surface area (Å²) >= 11 is 0. The topological polar surface area (TPSA) is 0 Å². The second kappa shape index (κ2) is 2.84. The first-order valence-corrected chi connectivity index (χ1v) is 6.56. The second-order valence-electron chi connectivity index (χ2n) is 5.38. The average Bonchev–Trinajstić information content (AvgIpc) is 2.97. The highest BCUT2D eigenvalue weighted by Crippen LogP contribution is 2.55. The summed E-state index contributed by atoms with van der Waals surface area (Å²) in [5, 5.41) is 0. The molecule has 0 fully saturated rings. The van der Waals surface area contributed by atoms with Gasteiger partial charge >= 0.3 is 0 Å². The van der Waals surface area contributed by atoms with Crippen LogP contribution in [0.1, 0.15) is 22.6 Å². The van der Waals surface area contributed by atoms with Crippen LogP contribution in [0.25, 0.3) is 16.7 Å². The number of rotatable bonds is 0. The van der Waals surface area contributed by atoms with E-state index in [4.69, 9.17) is 0 Å². The van der Waals surface area contributed by atoms with E-state index in [0.29, 0.717) is 5.92 Å². The van der Waals surface area contributed by atoms with E-state index in [1.165, 1.54) is 33.4 Å². The SMILES string of the molecule is C1=CC2C3=C1Cc1cccc(c13)-c1ccccc12. The fourth-order valence-corrected chi connectivity index (χ4v) is 3.84. The van der Waals surface area contributed by atoms with E-state index in [9.17, 15) is 0 Å². The highest BCUT2D eigenvalue weighted by molar-refractivity contribution is 5.98. The van der Waals surface area contributed by atoms with Crippen LogP contribution in [-0.2, 0) is 6.42 Å². The average molecular weight is 228 g/mol. The quantitative estimate of drug-likeness (QED) is 0.629. The fourth-order valence-electron chi connectivity index (χ4n) is 3.84. The third kappa shape index (κ3) is 0.862. The van der Waals surface area contributed by atoms with Crippen molar-refractivity contribution in [3.05, 3.63) is 76.9 Å². The van der Waals surface area contributed by atoms with Crippen molar-refractivity contribution in [3.8, 4) is 11.1 Å². The Morgan fingerprint density at radius 2 is 1.78 bits per heavy atom. The van der Waals surface area contributed by atoms with Crippen molar-refractivity contribution in [2.24, 2.45) is 0 Å². The van der Waals surface area contributed by atoms with Gasteiger partial charge in [-0.25, -0.2) is 0 Å². The zero-order valence-corrected chi connectivity index (χ0v) is 9.98. The maximum Gasteiger partial charge on any atom is 0.0287 e. The van der Waals surface area contributed by atoms with E-state index in [1.807, 2.05) is 0 Å². The van der Waals surface area contributed by atoms with Gasteiger partial charge in [0.1, 0.15) is 0 Å². The molecule has 0 saturated carbocycles. The number of hydrogen-bond donors (Lipinski definition) is 0. The molecular formula is C18H12. The molecule has 0 spiro atoms. The third-order valence-electron chi connectivity index (χ3n) is 4.53. The molecule has 2 aromatic carbocycles. The van der Waals surface area contributed by atoms with Crippen LogP contribution in [0, 0.1) is 0 Å². The molecular weight excluding hydrogens is 216 g/mol. The third-order valence-corrected chi connectivity index (χ3v) is 4.53. The van der Waals surface area contributed by atoms with Gasteiger partial charge in [0.15, 0.2) is 0 Å². The van der Waals surface area contributed by atoms with Gasteiger partial charge in [-0.05, 0) is 45.4 Å². The number of hydrogen-bond acceptors (Lipinski definition) is 0. The van der Waals surface area contributed by atoms with Crippen LogP contribution < -0.4 is 0 Å². The molecule has 3 aliphatic rings. The van der Waals surface area contributed by atoms with Crippen molar-refractivity contribution in [1.29, 1.82) is 0 Å². The largest absolute Gasteiger partial charge is 0.0723 e. The molecule has 5 rings (SSSR count). The Hall–Kier alpha value is -2.08. The smallest absolute Gasteiger partial charge is 0.0287 e. The van der Waals surface area contributed by atoms with Gasteiger partial charge in [0.05, 0.1) is 0 Å². The molecule has 0 heteroatoms. The van der Waals surface area contributed by atoms with E-state index in [2.05, 4.69) is 54.6 Å². The van der Waals surface area contributed by atoms with Gasteiger partial charge in [-0.1, -0.05) is 54.6 Å². The Kier molecular flexibility index (Phi) is 1.41. The van der Waals surface area contributed by atoms with Crippen molar-refractivity contribution in [3.63, 3.8) is 0 Å². The van der Waals surface area contributed by atoms with Crippen molar-refractivity contribution in [2.45, 2.75) is 12.3 Å². The first kappa shape index (κ1) is 8.93. The van der Waals surface area contributed by atoms with Crippen LogP contribution in [0.3, 0.4) is 0 Å². The Bertz CT molecular complexity index is 759.